The molecule has 5 nitrogen and oxygen atoms in total. The van der Waals surface area contributed by atoms with Crippen LogP contribution in [0.4, 0.5) is 10.8 Å². The van der Waals surface area contributed by atoms with Gasteiger partial charge in [-0.25, -0.2) is 4.98 Å². The minimum atomic E-state index is -0.196. The quantitative estimate of drug-likeness (QED) is 0.642. The number of hydrogen-bond donors (Lipinski definition) is 2. The van der Waals surface area contributed by atoms with Gasteiger partial charge in [0.05, 0.1) is 16.1 Å². The fraction of sp³-hybridized carbons (Fsp3) is 0.375. The number of amides is 1. The minimum Gasteiger partial charge on any atom is -0.379 e. The van der Waals surface area contributed by atoms with Crippen molar-refractivity contribution in [3.05, 3.63) is 39.3 Å². The summed E-state index contributed by atoms with van der Waals surface area (Å²) in [7, 11) is 0. The molecule has 2 N–H and O–H groups in total. The van der Waals surface area contributed by atoms with Crippen molar-refractivity contribution in [2.75, 3.05) is 18.5 Å². The van der Waals surface area contributed by atoms with E-state index in [0.29, 0.717) is 34.0 Å². The molecule has 0 saturated carbocycles. The molecule has 0 fully saturated rings. The smallest absolute Gasteiger partial charge is 0.270 e. The molecule has 0 saturated heterocycles. The summed E-state index contributed by atoms with van der Waals surface area (Å²) in [4.78, 5) is 16.3. The van der Waals surface area contributed by atoms with E-state index >= 15 is 0 Å². The van der Waals surface area contributed by atoms with E-state index in [0.717, 1.165) is 12.1 Å². The highest BCUT2D eigenvalue weighted by Gasteiger charge is 2.11. The van der Waals surface area contributed by atoms with Crippen LogP contribution in [0.2, 0.25) is 10.0 Å². The standard InChI is InChI=1S/C16H19Cl2N3O2S/c1-10(2)23-7-3-6-19-15(22)14-9-24-16(21-14)20-11-4-5-12(17)13(18)8-11/h4-5,8-10H,3,6-7H2,1-2H3,(H,19,22)(H,20,21). The monoisotopic (exact) mass is 387 g/mol. The van der Waals surface area contributed by atoms with Crippen LogP contribution in [0.3, 0.4) is 0 Å². The molecule has 130 valence electrons. The highest BCUT2D eigenvalue weighted by atomic mass is 35.5. The molecule has 2 rings (SSSR count). The van der Waals surface area contributed by atoms with E-state index in [4.69, 9.17) is 27.9 Å². The Bertz CT molecular complexity index is 692. The van der Waals surface area contributed by atoms with Gasteiger partial charge in [0.25, 0.3) is 5.91 Å². The van der Waals surface area contributed by atoms with Crippen molar-refractivity contribution in [3.63, 3.8) is 0 Å². The lowest BCUT2D eigenvalue weighted by Crippen LogP contribution is -2.25. The van der Waals surface area contributed by atoms with Crippen LogP contribution in [0.15, 0.2) is 23.6 Å². The molecule has 0 aliphatic carbocycles. The molecule has 8 heteroatoms. The number of anilines is 2. The molecule has 24 heavy (non-hydrogen) atoms. The number of benzene rings is 1. The number of carbonyl (C=O) groups excluding carboxylic acids is 1. The first-order valence-electron chi connectivity index (χ1n) is 7.53. The maximum atomic E-state index is 12.0. The van der Waals surface area contributed by atoms with Gasteiger partial charge in [-0.15, -0.1) is 11.3 Å². The van der Waals surface area contributed by atoms with E-state index in [1.54, 1.807) is 23.6 Å². The fourth-order valence-electron chi connectivity index (χ4n) is 1.82. The van der Waals surface area contributed by atoms with Crippen molar-refractivity contribution < 1.29 is 9.53 Å². The molecule has 0 radical (unpaired) electrons. The summed E-state index contributed by atoms with van der Waals surface area (Å²) in [6.45, 7) is 5.14. The van der Waals surface area contributed by atoms with Crippen molar-refractivity contribution in [1.29, 1.82) is 0 Å². The Morgan fingerprint density at radius 1 is 1.33 bits per heavy atom. The number of hydrogen-bond acceptors (Lipinski definition) is 5. The predicted molar refractivity (Wildman–Crippen MR) is 99.9 cm³/mol. The van der Waals surface area contributed by atoms with Crippen LogP contribution in [0, 0.1) is 0 Å². The molecule has 0 bridgehead atoms. The van der Waals surface area contributed by atoms with E-state index in [9.17, 15) is 4.79 Å². The molecule has 0 atom stereocenters. The Balaban J connectivity index is 1.83. The summed E-state index contributed by atoms with van der Waals surface area (Å²) in [5.41, 5.74) is 1.14. The van der Waals surface area contributed by atoms with Crippen molar-refractivity contribution in [1.82, 2.24) is 10.3 Å². The van der Waals surface area contributed by atoms with Crippen molar-refractivity contribution in [2.45, 2.75) is 26.4 Å². The maximum absolute atomic E-state index is 12.0. The van der Waals surface area contributed by atoms with Gasteiger partial charge in [-0.05, 0) is 38.5 Å². The summed E-state index contributed by atoms with van der Waals surface area (Å²) in [5.74, 6) is -0.196. The topological polar surface area (TPSA) is 63.2 Å². The average Bonchev–Trinajstić information content (AvgIpc) is 2.99. The van der Waals surface area contributed by atoms with Crippen LogP contribution in [0.1, 0.15) is 30.8 Å². The first-order valence-corrected chi connectivity index (χ1v) is 9.16. The van der Waals surface area contributed by atoms with Crippen LogP contribution in [0.25, 0.3) is 0 Å². The number of nitrogens with one attached hydrogen (secondary N) is 2. The Hall–Kier alpha value is -1.34. The normalized spacial score (nSPS) is 10.9. The summed E-state index contributed by atoms with van der Waals surface area (Å²) in [6.07, 6.45) is 0.969. The van der Waals surface area contributed by atoms with E-state index < -0.39 is 0 Å². The summed E-state index contributed by atoms with van der Waals surface area (Å²) >= 11 is 13.2. The summed E-state index contributed by atoms with van der Waals surface area (Å²) in [6, 6.07) is 5.20. The summed E-state index contributed by atoms with van der Waals surface area (Å²) in [5, 5.41) is 9.19. The zero-order chi connectivity index (χ0) is 17.5. The number of ether oxygens (including phenoxy) is 1. The fourth-order valence-corrected chi connectivity index (χ4v) is 2.83. The van der Waals surface area contributed by atoms with E-state index in [1.807, 2.05) is 13.8 Å². The van der Waals surface area contributed by atoms with Crippen molar-refractivity contribution >= 4 is 51.3 Å². The predicted octanol–water partition coefficient (Wildman–Crippen LogP) is 4.74. The molecule has 1 heterocycles. The van der Waals surface area contributed by atoms with Crippen LogP contribution >= 0.6 is 34.5 Å². The van der Waals surface area contributed by atoms with Gasteiger partial charge < -0.3 is 15.4 Å². The van der Waals surface area contributed by atoms with Crippen molar-refractivity contribution in [3.8, 4) is 0 Å². The van der Waals surface area contributed by atoms with Gasteiger partial charge in [-0.1, -0.05) is 23.2 Å². The molecule has 0 unspecified atom stereocenters. The lowest BCUT2D eigenvalue weighted by atomic mass is 10.3. The third kappa shape index (κ3) is 5.94. The first kappa shape index (κ1) is 19.0. The maximum Gasteiger partial charge on any atom is 0.270 e. The summed E-state index contributed by atoms with van der Waals surface area (Å²) < 4.78 is 5.42. The number of rotatable bonds is 8. The lowest BCUT2D eigenvalue weighted by molar-refractivity contribution is 0.0756. The second kappa shape index (κ2) is 9.22. The van der Waals surface area contributed by atoms with Crippen LogP contribution in [0.5, 0.6) is 0 Å². The number of nitrogens with zero attached hydrogens (tertiary/aromatic N) is 1. The molecule has 0 spiro atoms. The van der Waals surface area contributed by atoms with Crippen molar-refractivity contribution in [2.24, 2.45) is 0 Å². The second-order valence-corrected chi connectivity index (χ2v) is 6.99. The largest absolute Gasteiger partial charge is 0.379 e. The Labute approximate surface area is 155 Å². The molecule has 1 aromatic heterocycles. The van der Waals surface area contributed by atoms with Gasteiger partial charge in [0.15, 0.2) is 5.13 Å². The highest BCUT2D eigenvalue weighted by molar-refractivity contribution is 7.14. The number of thiazole rings is 1. The molecule has 0 aliphatic heterocycles. The van der Waals surface area contributed by atoms with E-state index in [-0.39, 0.29) is 12.0 Å². The molecule has 1 amide bonds. The first-order chi connectivity index (χ1) is 11.5. The number of halogens is 2. The van der Waals surface area contributed by atoms with Crippen LogP contribution in [-0.4, -0.2) is 30.1 Å². The van der Waals surface area contributed by atoms with Crippen LogP contribution in [-0.2, 0) is 4.74 Å². The van der Waals surface area contributed by atoms with Crippen LogP contribution < -0.4 is 10.6 Å². The average molecular weight is 388 g/mol. The second-order valence-electron chi connectivity index (χ2n) is 5.32. The van der Waals surface area contributed by atoms with E-state index in [1.165, 1.54) is 11.3 Å². The third-order valence-corrected chi connectivity index (χ3v) is 4.46. The molecular weight excluding hydrogens is 369 g/mol. The Morgan fingerprint density at radius 2 is 2.12 bits per heavy atom. The third-order valence-electron chi connectivity index (χ3n) is 2.97. The molecule has 1 aromatic carbocycles. The highest BCUT2D eigenvalue weighted by Crippen LogP contribution is 2.28. The van der Waals surface area contributed by atoms with Gasteiger partial charge in [0, 0.05) is 24.2 Å². The zero-order valence-electron chi connectivity index (χ0n) is 13.4. The minimum absolute atomic E-state index is 0.196. The van der Waals surface area contributed by atoms with Gasteiger partial charge in [-0.2, -0.15) is 0 Å². The number of aromatic nitrogens is 1. The Kier molecular flexibility index (Phi) is 7.30. The zero-order valence-corrected chi connectivity index (χ0v) is 15.8. The van der Waals surface area contributed by atoms with E-state index in [2.05, 4.69) is 15.6 Å². The lowest BCUT2D eigenvalue weighted by Gasteiger charge is -2.07. The SMILES string of the molecule is CC(C)OCCCNC(=O)c1csc(Nc2ccc(Cl)c(Cl)c2)n1. The van der Waals surface area contributed by atoms with Gasteiger partial charge in [0.1, 0.15) is 5.69 Å². The van der Waals surface area contributed by atoms with Gasteiger partial charge >= 0.3 is 0 Å². The Morgan fingerprint density at radius 3 is 2.83 bits per heavy atom. The molecule has 2 aromatic rings. The number of carbonyl (C=O) groups is 1. The van der Waals surface area contributed by atoms with Gasteiger partial charge in [-0.3, -0.25) is 4.79 Å². The van der Waals surface area contributed by atoms with Gasteiger partial charge in [0.2, 0.25) is 0 Å². The molecular formula is C16H19Cl2N3O2S. The molecule has 0 aliphatic rings.